The van der Waals surface area contributed by atoms with Crippen molar-refractivity contribution in [1.82, 2.24) is 9.97 Å². The Morgan fingerprint density at radius 1 is 0.963 bits per heavy atom. The van der Waals surface area contributed by atoms with E-state index in [-0.39, 0.29) is 0 Å². The van der Waals surface area contributed by atoms with Crippen LogP contribution >= 0.6 is 0 Å². The number of rotatable bonds is 5. The van der Waals surface area contributed by atoms with Gasteiger partial charge in [-0.15, -0.1) is 0 Å². The molecule has 4 N–H and O–H groups in total. The van der Waals surface area contributed by atoms with Gasteiger partial charge in [-0.25, -0.2) is 9.97 Å². The maximum atomic E-state index is 6.26. The van der Waals surface area contributed by atoms with Crippen LogP contribution in [0.4, 0.5) is 28.7 Å². The molecule has 0 amide bonds. The number of ether oxygens (including phenoxy) is 3. The molecule has 0 aliphatic carbocycles. The summed E-state index contributed by atoms with van der Waals surface area (Å²) in [5, 5.41) is 6.38. The van der Waals surface area contributed by atoms with Crippen molar-refractivity contribution >= 4 is 28.7 Å². The van der Waals surface area contributed by atoms with Crippen molar-refractivity contribution in [3.8, 4) is 17.2 Å². The lowest BCUT2D eigenvalue weighted by Crippen LogP contribution is -2.15. The topological polar surface area (TPSA) is 104 Å². The van der Waals surface area contributed by atoms with E-state index in [2.05, 4.69) is 20.6 Å². The van der Waals surface area contributed by atoms with E-state index >= 15 is 0 Å². The molecule has 0 unspecified atom stereocenters. The van der Waals surface area contributed by atoms with Crippen LogP contribution in [-0.4, -0.2) is 30.3 Å². The Kier molecular flexibility index (Phi) is 4.52. The fourth-order valence-electron chi connectivity index (χ4n) is 2.73. The highest BCUT2D eigenvalue weighted by Gasteiger charge is 2.14. The first kappa shape index (κ1) is 16.8. The van der Waals surface area contributed by atoms with Crippen LogP contribution < -0.4 is 30.6 Å². The number of aromatic nitrogens is 2. The number of nitrogens with two attached hydrogens (primary N) is 1. The van der Waals surface area contributed by atoms with Crippen LogP contribution in [0.1, 0.15) is 0 Å². The van der Waals surface area contributed by atoms with Crippen LogP contribution in [0.2, 0.25) is 0 Å². The predicted octanol–water partition coefficient (Wildman–Crippen LogP) is 3.33. The third-order valence-electron chi connectivity index (χ3n) is 4.05. The number of benzene rings is 2. The normalized spacial score (nSPS) is 12.3. The van der Waals surface area contributed by atoms with Gasteiger partial charge in [-0.05, 0) is 24.3 Å². The second-order valence-electron chi connectivity index (χ2n) is 5.79. The third kappa shape index (κ3) is 3.50. The van der Waals surface area contributed by atoms with Crippen LogP contribution in [0.25, 0.3) is 0 Å². The number of fused-ring (bicyclic) bond motifs is 1. The van der Waals surface area contributed by atoms with Crippen LogP contribution in [0.15, 0.2) is 48.8 Å². The summed E-state index contributed by atoms with van der Waals surface area (Å²) in [5.41, 5.74) is 8.19. The Bertz CT molecular complexity index is 964. The van der Waals surface area contributed by atoms with Gasteiger partial charge in [0.05, 0.1) is 12.8 Å². The second-order valence-corrected chi connectivity index (χ2v) is 5.79. The number of nitrogens with one attached hydrogen (secondary N) is 2. The Hall–Kier alpha value is -3.68. The van der Waals surface area contributed by atoms with E-state index in [1.54, 1.807) is 7.11 Å². The van der Waals surface area contributed by atoms with Crippen LogP contribution in [0.5, 0.6) is 17.2 Å². The van der Waals surface area contributed by atoms with Crippen LogP contribution in [0.3, 0.4) is 0 Å². The van der Waals surface area contributed by atoms with Gasteiger partial charge in [-0.1, -0.05) is 12.1 Å². The summed E-state index contributed by atoms with van der Waals surface area (Å²) < 4.78 is 16.5. The van der Waals surface area contributed by atoms with Crippen LogP contribution in [-0.2, 0) is 0 Å². The molecule has 3 aromatic rings. The first-order chi connectivity index (χ1) is 13.2. The highest BCUT2D eigenvalue weighted by atomic mass is 16.6. The van der Waals surface area contributed by atoms with Gasteiger partial charge in [-0.2, -0.15) is 0 Å². The van der Waals surface area contributed by atoms with Gasteiger partial charge >= 0.3 is 0 Å². The predicted molar refractivity (Wildman–Crippen MR) is 103 cm³/mol. The number of nitrogen functional groups attached to an aromatic ring is 1. The number of anilines is 5. The Balaban J connectivity index is 1.59. The molecular weight excluding hydrogens is 346 g/mol. The lowest BCUT2D eigenvalue weighted by atomic mass is 10.2. The van der Waals surface area contributed by atoms with Crippen molar-refractivity contribution in [2.24, 2.45) is 0 Å². The molecular formula is C19H19N5O3. The van der Waals surface area contributed by atoms with Crippen molar-refractivity contribution in [3.63, 3.8) is 0 Å². The molecule has 0 saturated heterocycles. The Morgan fingerprint density at radius 2 is 1.70 bits per heavy atom. The molecule has 8 nitrogen and oxygen atoms in total. The summed E-state index contributed by atoms with van der Waals surface area (Å²) in [6, 6.07) is 13.1. The molecule has 0 fully saturated rings. The monoisotopic (exact) mass is 365 g/mol. The molecule has 4 rings (SSSR count). The summed E-state index contributed by atoms with van der Waals surface area (Å²) in [6.07, 6.45) is 1.44. The van der Waals surface area contributed by atoms with E-state index in [1.165, 1.54) is 6.33 Å². The molecule has 0 spiro atoms. The lowest BCUT2D eigenvalue weighted by Gasteiger charge is -2.19. The summed E-state index contributed by atoms with van der Waals surface area (Å²) in [6.45, 7) is 1.08. The van der Waals surface area contributed by atoms with Crippen molar-refractivity contribution in [1.29, 1.82) is 0 Å². The van der Waals surface area contributed by atoms with E-state index < -0.39 is 0 Å². The zero-order chi connectivity index (χ0) is 18.6. The molecule has 1 aliphatic heterocycles. The molecule has 138 valence electrons. The lowest BCUT2D eigenvalue weighted by molar-refractivity contribution is 0.171. The fourth-order valence-corrected chi connectivity index (χ4v) is 2.73. The van der Waals surface area contributed by atoms with Gasteiger partial charge in [0.25, 0.3) is 0 Å². The average molecular weight is 365 g/mol. The standard InChI is InChI=1S/C19H19N5O3/c1-25-14-5-3-2-4-13(14)24-19-17(20)18(21-11-22-19)23-12-6-7-15-16(10-12)27-9-8-26-15/h2-7,10-11H,8-9,20H2,1H3,(H2,21,22,23,24). The van der Waals surface area contributed by atoms with E-state index in [9.17, 15) is 0 Å². The quantitative estimate of drug-likeness (QED) is 0.633. The van der Waals surface area contributed by atoms with E-state index in [0.29, 0.717) is 42.0 Å². The number of para-hydroxylation sites is 2. The molecule has 2 heterocycles. The minimum atomic E-state index is 0.387. The molecule has 0 saturated carbocycles. The maximum absolute atomic E-state index is 6.26. The Morgan fingerprint density at radius 3 is 2.52 bits per heavy atom. The maximum Gasteiger partial charge on any atom is 0.163 e. The van der Waals surface area contributed by atoms with Crippen molar-refractivity contribution in [2.75, 3.05) is 36.7 Å². The average Bonchev–Trinajstić information content (AvgIpc) is 2.71. The van der Waals surface area contributed by atoms with Gasteiger partial charge < -0.3 is 30.6 Å². The molecule has 0 bridgehead atoms. The van der Waals surface area contributed by atoms with Gasteiger partial charge in [0.1, 0.15) is 31.0 Å². The number of hydrogen-bond donors (Lipinski definition) is 3. The molecule has 1 aliphatic rings. The van der Waals surface area contributed by atoms with Crippen LogP contribution in [0, 0.1) is 0 Å². The summed E-state index contributed by atoms with van der Waals surface area (Å²) in [7, 11) is 1.61. The Labute approximate surface area is 156 Å². The van der Waals surface area contributed by atoms with Crippen molar-refractivity contribution in [3.05, 3.63) is 48.8 Å². The highest BCUT2D eigenvalue weighted by Crippen LogP contribution is 2.35. The van der Waals surface area contributed by atoms with E-state index in [4.69, 9.17) is 19.9 Å². The van der Waals surface area contributed by atoms with Gasteiger partial charge in [0, 0.05) is 11.8 Å². The number of hydrogen-bond acceptors (Lipinski definition) is 8. The summed E-state index contributed by atoms with van der Waals surface area (Å²) in [4.78, 5) is 8.47. The fraction of sp³-hybridized carbons (Fsp3) is 0.158. The molecule has 2 aromatic carbocycles. The molecule has 27 heavy (non-hydrogen) atoms. The SMILES string of the molecule is COc1ccccc1Nc1ncnc(Nc2ccc3c(c2)OCCO3)c1N. The van der Waals surface area contributed by atoms with Crippen molar-refractivity contribution < 1.29 is 14.2 Å². The van der Waals surface area contributed by atoms with Crippen molar-refractivity contribution in [2.45, 2.75) is 0 Å². The van der Waals surface area contributed by atoms with Gasteiger partial charge in [0.15, 0.2) is 23.1 Å². The van der Waals surface area contributed by atoms with Gasteiger partial charge in [-0.3, -0.25) is 0 Å². The molecule has 8 heteroatoms. The van der Waals surface area contributed by atoms with Gasteiger partial charge in [0.2, 0.25) is 0 Å². The first-order valence-corrected chi connectivity index (χ1v) is 8.42. The first-order valence-electron chi connectivity index (χ1n) is 8.42. The summed E-state index contributed by atoms with van der Waals surface area (Å²) >= 11 is 0. The number of nitrogens with zero attached hydrogens (tertiary/aromatic N) is 2. The molecule has 0 radical (unpaired) electrons. The van der Waals surface area contributed by atoms with E-state index in [0.717, 1.165) is 17.1 Å². The minimum Gasteiger partial charge on any atom is -0.495 e. The molecule has 0 atom stereocenters. The minimum absolute atomic E-state index is 0.387. The second kappa shape index (κ2) is 7.28. The number of methoxy groups -OCH3 is 1. The third-order valence-corrected chi connectivity index (χ3v) is 4.05. The summed E-state index contributed by atoms with van der Waals surface area (Å²) in [5.74, 6) is 3.07. The largest absolute Gasteiger partial charge is 0.495 e. The zero-order valence-corrected chi connectivity index (χ0v) is 14.7. The highest BCUT2D eigenvalue weighted by molar-refractivity contribution is 5.81. The molecule has 1 aromatic heterocycles. The smallest absolute Gasteiger partial charge is 0.163 e. The zero-order valence-electron chi connectivity index (χ0n) is 14.7. The van der Waals surface area contributed by atoms with E-state index in [1.807, 2.05) is 42.5 Å².